The Balaban J connectivity index is 2.08. The summed E-state index contributed by atoms with van der Waals surface area (Å²) < 4.78 is 2.66. The van der Waals surface area contributed by atoms with Gasteiger partial charge in [0.15, 0.2) is 4.77 Å². The molecule has 0 atom stereocenters. The summed E-state index contributed by atoms with van der Waals surface area (Å²) in [5.74, 6) is 0.916. The van der Waals surface area contributed by atoms with Crippen molar-refractivity contribution in [1.82, 2.24) is 14.8 Å². The molecule has 0 amide bonds. The Morgan fingerprint density at radius 3 is 2.62 bits per heavy atom. The summed E-state index contributed by atoms with van der Waals surface area (Å²) in [6.07, 6.45) is 0.922. The smallest absolute Gasteiger partial charge is 0.195 e. The molecule has 3 nitrogen and oxygen atoms in total. The van der Waals surface area contributed by atoms with Crippen LogP contribution >= 0.6 is 23.8 Å². The summed E-state index contributed by atoms with van der Waals surface area (Å²) in [6, 6.07) is 7.86. The van der Waals surface area contributed by atoms with Gasteiger partial charge in [-0.15, -0.1) is 0 Å². The lowest BCUT2D eigenvalue weighted by Crippen LogP contribution is -2.03. The zero-order valence-electron chi connectivity index (χ0n) is 8.90. The van der Waals surface area contributed by atoms with Crippen LogP contribution in [0.1, 0.15) is 11.4 Å². The average Bonchev–Trinajstić information content (AvgIpc) is 2.59. The zero-order valence-corrected chi connectivity index (χ0v) is 10.5. The SMILES string of the molecule is Cc1n[nH]c(=S)n1CCc1ccc(Cl)cc1. The molecule has 1 aromatic carbocycles. The number of hydrogen-bond acceptors (Lipinski definition) is 2. The summed E-state index contributed by atoms with van der Waals surface area (Å²) >= 11 is 11.0. The van der Waals surface area contributed by atoms with Crippen LogP contribution in [0.15, 0.2) is 24.3 Å². The standard InChI is InChI=1S/C11H12ClN3S/c1-8-13-14-11(16)15(8)7-6-9-2-4-10(12)5-3-9/h2-5H,6-7H2,1H3,(H,14,16). The molecular weight excluding hydrogens is 242 g/mol. The summed E-state index contributed by atoms with van der Waals surface area (Å²) in [7, 11) is 0. The highest BCUT2D eigenvalue weighted by molar-refractivity contribution is 7.71. The predicted molar refractivity (Wildman–Crippen MR) is 67.3 cm³/mol. The number of rotatable bonds is 3. The van der Waals surface area contributed by atoms with Crippen molar-refractivity contribution >= 4 is 23.8 Å². The van der Waals surface area contributed by atoms with Gasteiger partial charge >= 0.3 is 0 Å². The third-order valence-electron chi connectivity index (χ3n) is 2.49. The van der Waals surface area contributed by atoms with Crippen molar-refractivity contribution in [3.05, 3.63) is 45.4 Å². The van der Waals surface area contributed by atoms with Gasteiger partial charge in [0.05, 0.1) is 0 Å². The minimum Gasteiger partial charge on any atom is -0.304 e. The number of aromatic amines is 1. The summed E-state index contributed by atoms with van der Waals surface area (Å²) in [4.78, 5) is 0. The van der Waals surface area contributed by atoms with E-state index in [0.29, 0.717) is 4.77 Å². The quantitative estimate of drug-likeness (QED) is 0.853. The molecule has 84 valence electrons. The highest BCUT2D eigenvalue weighted by Crippen LogP contribution is 2.10. The van der Waals surface area contributed by atoms with E-state index >= 15 is 0 Å². The molecule has 0 bridgehead atoms. The zero-order chi connectivity index (χ0) is 11.5. The van der Waals surface area contributed by atoms with Gasteiger partial charge in [-0.25, -0.2) is 0 Å². The second-order valence-corrected chi connectivity index (χ2v) is 4.43. The van der Waals surface area contributed by atoms with Crippen LogP contribution in [-0.2, 0) is 13.0 Å². The minimum atomic E-state index is 0.673. The molecule has 16 heavy (non-hydrogen) atoms. The molecule has 0 radical (unpaired) electrons. The third-order valence-corrected chi connectivity index (χ3v) is 3.05. The Bertz CT molecular complexity index is 527. The van der Waals surface area contributed by atoms with E-state index in [9.17, 15) is 0 Å². The average molecular weight is 254 g/mol. The topological polar surface area (TPSA) is 33.6 Å². The van der Waals surface area contributed by atoms with Crippen LogP contribution in [0, 0.1) is 11.7 Å². The number of halogens is 1. The second kappa shape index (κ2) is 4.80. The number of hydrogen-bond donors (Lipinski definition) is 1. The molecule has 0 aliphatic rings. The van der Waals surface area contributed by atoms with E-state index in [1.165, 1.54) is 5.56 Å². The molecule has 0 unspecified atom stereocenters. The fourth-order valence-electron chi connectivity index (χ4n) is 1.55. The molecule has 0 saturated heterocycles. The maximum Gasteiger partial charge on any atom is 0.195 e. The van der Waals surface area contributed by atoms with Crippen LogP contribution in [0.3, 0.4) is 0 Å². The lowest BCUT2D eigenvalue weighted by molar-refractivity contribution is 0.664. The molecule has 1 N–H and O–H groups in total. The molecule has 0 fully saturated rings. The highest BCUT2D eigenvalue weighted by atomic mass is 35.5. The first-order chi connectivity index (χ1) is 7.66. The van der Waals surface area contributed by atoms with Crippen molar-refractivity contribution in [1.29, 1.82) is 0 Å². The molecule has 2 aromatic rings. The minimum absolute atomic E-state index is 0.673. The highest BCUT2D eigenvalue weighted by Gasteiger charge is 2.01. The first-order valence-electron chi connectivity index (χ1n) is 5.03. The molecule has 1 aromatic heterocycles. The normalized spacial score (nSPS) is 10.6. The largest absolute Gasteiger partial charge is 0.304 e. The molecule has 2 rings (SSSR count). The van der Waals surface area contributed by atoms with Gasteiger partial charge in [-0.2, -0.15) is 5.10 Å². The van der Waals surface area contributed by atoms with Gasteiger partial charge in [0.1, 0.15) is 5.82 Å². The lowest BCUT2D eigenvalue weighted by atomic mass is 10.1. The lowest BCUT2D eigenvalue weighted by Gasteiger charge is -2.04. The monoisotopic (exact) mass is 253 g/mol. The van der Waals surface area contributed by atoms with E-state index in [4.69, 9.17) is 23.8 Å². The Labute approximate surface area is 104 Å². The van der Waals surface area contributed by atoms with Crippen molar-refractivity contribution in [2.45, 2.75) is 19.9 Å². The van der Waals surface area contributed by atoms with E-state index in [1.54, 1.807) is 0 Å². The van der Waals surface area contributed by atoms with Crippen LogP contribution in [-0.4, -0.2) is 14.8 Å². The summed E-state index contributed by atoms with van der Waals surface area (Å²) in [5.41, 5.74) is 1.24. The molecule has 0 spiro atoms. The Morgan fingerprint density at radius 2 is 2.06 bits per heavy atom. The van der Waals surface area contributed by atoms with Gasteiger partial charge in [-0.3, -0.25) is 5.10 Å². The molecule has 0 saturated carbocycles. The van der Waals surface area contributed by atoms with Crippen LogP contribution in [0.4, 0.5) is 0 Å². The van der Waals surface area contributed by atoms with Gasteiger partial charge in [0.25, 0.3) is 0 Å². The van der Waals surface area contributed by atoms with Crippen LogP contribution < -0.4 is 0 Å². The molecule has 0 aliphatic carbocycles. The number of benzene rings is 1. The fourth-order valence-corrected chi connectivity index (χ4v) is 1.95. The van der Waals surface area contributed by atoms with E-state index in [1.807, 2.05) is 35.8 Å². The number of aromatic nitrogens is 3. The second-order valence-electron chi connectivity index (χ2n) is 3.60. The van der Waals surface area contributed by atoms with Gasteiger partial charge in [-0.05, 0) is 43.3 Å². The van der Waals surface area contributed by atoms with E-state index in [2.05, 4.69) is 10.2 Å². The Kier molecular flexibility index (Phi) is 3.41. The summed E-state index contributed by atoms with van der Waals surface area (Å²) in [6.45, 7) is 2.77. The third kappa shape index (κ3) is 2.51. The number of nitrogens with zero attached hydrogens (tertiary/aromatic N) is 2. The maximum absolute atomic E-state index is 5.82. The van der Waals surface area contributed by atoms with E-state index < -0.39 is 0 Å². The van der Waals surface area contributed by atoms with Crippen molar-refractivity contribution in [2.24, 2.45) is 0 Å². The van der Waals surface area contributed by atoms with Gasteiger partial charge < -0.3 is 4.57 Å². The predicted octanol–water partition coefficient (Wildman–Crippen LogP) is 3.15. The Hall–Kier alpha value is -1.13. The van der Waals surface area contributed by atoms with Crippen molar-refractivity contribution in [3.8, 4) is 0 Å². The fraction of sp³-hybridized carbons (Fsp3) is 0.273. The molecule has 0 aliphatic heterocycles. The number of H-pyrrole nitrogens is 1. The maximum atomic E-state index is 5.82. The van der Waals surface area contributed by atoms with E-state index in [0.717, 1.165) is 23.8 Å². The van der Waals surface area contributed by atoms with Crippen molar-refractivity contribution in [3.63, 3.8) is 0 Å². The summed E-state index contributed by atoms with van der Waals surface area (Å²) in [5, 5.41) is 7.61. The van der Waals surface area contributed by atoms with Crippen LogP contribution in [0.25, 0.3) is 0 Å². The number of nitrogens with one attached hydrogen (secondary N) is 1. The van der Waals surface area contributed by atoms with Gasteiger partial charge in [-0.1, -0.05) is 23.7 Å². The van der Waals surface area contributed by atoms with Gasteiger partial charge in [0.2, 0.25) is 0 Å². The molecule has 5 heteroatoms. The van der Waals surface area contributed by atoms with Crippen LogP contribution in [0.2, 0.25) is 5.02 Å². The van der Waals surface area contributed by atoms with Gasteiger partial charge in [0, 0.05) is 11.6 Å². The van der Waals surface area contributed by atoms with Crippen molar-refractivity contribution in [2.75, 3.05) is 0 Å². The molecular formula is C11H12ClN3S. The first kappa shape index (κ1) is 11.4. The number of aryl methyl sites for hydroxylation is 2. The Morgan fingerprint density at radius 1 is 1.38 bits per heavy atom. The molecule has 1 heterocycles. The van der Waals surface area contributed by atoms with E-state index in [-0.39, 0.29) is 0 Å². The first-order valence-corrected chi connectivity index (χ1v) is 5.81. The van der Waals surface area contributed by atoms with Crippen molar-refractivity contribution < 1.29 is 0 Å². The van der Waals surface area contributed by atoms with Crippen LogP contribution in [0.5, 0.6) is 0 Å².